The second-order valence-corrected chi connectivity index (χ2v) is 3.31. The van der Waals surface area contributed by atoms with Crippen molar-refractivity contribution in [3.63, 3.8) is 0 Å². The van der Waals surface area contributed by atoms with Gasteiger partial charge in [-0.2, -0.15) is 0 Å². The second-order valence-electron chi connectivity index (χ2n) is 3.31. The van der Waals surface area contributed by atoms with E-state index < -0.39 is 0 Å². The van der Waals surface area contributed by atoms with E-state index in [0.717, 1.165) is 12.2 Å². The maximum absolute atomic E-state index is 9.98. The van der Waals surface area contributed by atoms with Crippen LogP contribution in [0, 0.1) is 0 Å². The number of hydrogen-bond donors (Lipinski definition) is 0. The summed E-state index contributed by atoms with van der Waals surface area (Å²) in [4.78, 5) is 20.0. The van der Waals surface area contributed by atoms with Crippen LogP contribution in [0.3, 0.4) is 0 Å². The minimum atomic E-state index is -0.187. The summed E-state index contributed by atoms with van der Waals surface area (Å²) in [6, 6.07) is 0. The van der Waals surface area contributed by atoms with Gasteiger partial charge in [0.2, 0.25) is 0 Å². The Morgan fingerprint density at radius 3 is 0.905 bits per heavy atom. The molecule has 7 heteroatoms. The number of ketones is 2. The molecule has 0 aromatic rings. The van der Waals surface area contributed by atoms with Crippen LogP contribution in [0.1, 0.15) is 41.5 Å². The molecular weight excluding hydrogens is 312 g/mol. The van der Waals surface area contributed by atoms with Gasteiger partial charge in [0.25, 0.3) is 0 Å². The van der Waals surface area contributed by atoms with Crippen molar-refractivity contribution in [2.45, 2.75) is 41.5 Å². The first kappa shape index (κ1) is 32.1. The molecule has 0 aliphatic heterocycles. The summed E-state index contributed by atoms with van der Waals surface area (Å²) >= 11 is 0. The molecule has 0 atom stereocenters. The maximum atomic E-state index is 9.98. The molecular formula is C14H24O6Ti. The van der Waals surface area contributed by atoms with Crippen molar-refractivity contribution in [2.75, 3.05) is 13.2 Å². The van der Waals surface area contributed by atoms with E-state index in [1.807, 2.05) is 0 Å². The average Bonchev–Trinajstić information content (AvgIpc) is 2.15. The van der Waals surface area contributed by atoms with Crippen molar-refractivity contribution < 1.29 is 51.7 Å². The standard InChI is InChI=1S/2C5H8O2.2C2H5O.Ti/c2*1-4(6)3-5(2)7;2*1-2-3;/h2*3,6H,1-2H3;2*2H2,1H3;/q;;2*-1;+4/p-2. The van der Waals surface area contributed by atoms with E-state index in [9.17, 15) is 19.8 Å². The Morgan fingerprint density at radius 1 is 0.762 bits per heavy atom. The Labute approximate surface area is 142 Å². The molecule has 0 aliphatic carbocycles. The second kappa shape index (κ2) is 27.4. The van der Waals surface area contributed by atoms with E-state index in [4.69, 9.17) is 10.2 Å². The molecule has 0 fully saturated rings. The Hall–Kier alpha value is -0.946. The van der Waals surface area contributed by atoms with Crippen molar-refractivity contribution in [2.24, 2.45) is 0 Å². The first-order chi connectivity index (χ1) is 9.08. The van der Waals surface area contributed by atoms with Gasteiger partial charge in [0.1, 0.15) is 0 Å². The van der Waals surface area contributed by atoms with Gasteiger partial charge in [0.05, 0.1) is 0 Å². The van der Waals surface area contributed by atoms with E-state index in [1.165, 1.54) is 27.7 Å². The van der Waals surface area contributed by atoms with Gasteiger partial charge in [-0.1, -0.05) is 27.7 Å². The Kier molecular flexibility index (Phi) is 41.9. The van der Waals surface area contributed by atoms with Gasteiger partial charge in [-0.05, 0) is 26.0 Å². The summed E-state index contributed by atoms with van der Waals surface area (Å²) in [5.41, 5.74) is 0. The molecule has 0 saturated heterocycles. The van der Waals surface area contributed by atoms with E-state index in [2.05, 4.69) is 0 Å². The molecule has 6 nitrogen and oxygen atoms in total. The van der Waals surface area contributed by atoms with E-state index in [-0.39, 0.29) is 58.0 Å². The predicted octanol–water partition coefficient (Wildman–Crippen LogP) is -1.59. The Balaban J connectivity index is -0.0000000576. The summed E-state index contributed by atoms with van der Waals surface area (Å²) in [6.07, 6.45) is 2.11. The fourth-order valence-electron chi connectivity index (χ4n) is 0.572. The molecule has 120 valence electrons. The summed E-state index contributed by atoms with van der Waals surface area (Å²) < 4.78 is 0. The number of hydrogen-bond acceptors (Lipinski definition) is 6. The van der Waals surface area contributed by atoms with Gasteiger partial charge in [-0.25, -0.2) is 0 Å². The largest absolute Gasteiger partial charge is 4.00 e. The molecule has 0 radical (unpaired) electrons. The summed E-state index contributed by atoms with van der Waals surface area (Å²) in [7, 11) is 0. The summed E-state index contributed by atoms with van der Waals surface area (Å²) in [5.74, 6) is -0.750. The minimum Gasteiger partial charge on any atom is -0.876 e. The van der Waals surface area contributed by atoms with Crippen LogP contribution in [-0.4, -0.2) is 24.8 Å². The first-order valence-electron chi connectivity index (χ1n) is 5.96. The van der Waals surface area contributed by atoms with Crippen molar-refractivity contribution in [1.82, 2.24) is 0 Å². The van der Waals surface area contributed by atoms with Gasteiger partial charge >= 0.3 is 21.7 Å². The van der Waals surface area contributed by atoms with Gasteiger partial charge in [-0.3, -0.25) is 9.59 Å². The topological polar surface area (TPSA) is 126 Å². The molecule has 0 spiro atoms. The van der Waals surface area contributed by atoms with Crippen LogP contribution in [0.4, 0.5) is 0 Å². The number of carbonyl (C=O) groups is 2. The first-order valence-corrected chi connectivity index (χ1v) is 5.96. The third kappa shape index (κ3) is 111. The van der Waals surface area contributed by atoms with Gasteiger partial charge in [0, 0.05) is 0 Å². The molecule has 0 heterocycles. The van der Waals surface area contributed by atoms with Gasteiger partial charge < -0.3 is 20.4 Å². The number of allylic oxidation sites excluding steroid dienone is 4. The van der Waals surface area contributed by atoms with Crippen molar-refractivity contribution in [1.29, 1.82) is 0 Å². The number of rotatable bonds is 2. The van der Waals surface area contributed by atoms with Crippen LogP contribution in [0.25, 0.3) is 0 Å². The fraction of sp³-hybridized carbons (Fsp3) is 0.571. The molecule has 21 heavy (non-hydrogen) atoms. The molecule has 0 saturated carbocycles. The summed E-state index contributed by atoms with van der Waals surface area (Å²) in [6.45, 7) is 8.53. The van der Waals surface area contributed by atoms with Gasteiger partial charge in [0.15, 0.2) is 11.6 Å². The van der Waals surface area contributed by atoms with Crippen molar-refractivity contribution in [3.8, 4) is 0 Å². The molecule has 0 aromatic carbocycles. The van der Waals surface area contributed by atoms with Crippen LogP contribution >= 0.6 is 0 Å². The minimum absolute atomic E-state index is 0. The van der Waals surface area contributed by atoms with Crippen LogP contribution < -0.4 is 20.4 Å². The quantitative estimate of drug-likeness (QED) is 0.340. The molecule has 0 unspecified atom stereocenters. The third-order valence-electron chi connectivity index (χ3n) is 0.813. The molecule has 0 aliphatic rings. The maximum Gasteiger partial charge on any atom is 4.00 e. The third-order valence-corrected chi connectivity index (χ3v) is 0.813. The zero-order valence-corrected chi connectivity index (χ0v) is 15.1. The van der Waals surface area contributed by atoms with Crippen molar-refractivity contribution in [3.05, 3.63) is 23.7 Å². The normalized spacial score (nSPS) is 9.33. The van der Waals surface area contributed by atoms with Crippen LogP contribution in [0.2, 0.25) is 0 Å². The Morgan fingerprint density at radius 2 is 0.905 bits per heavy atom. The molecule has 0 N–H and O–H groups in total. The monoisotopic (exact) mass is 336 g/mol. The Bertz CT molecular complexity index is 260. The van der Waals surface area contributed by atoms with Crippen LogP contribution in [0.15, 0.2) is 23.7 Å². The SMILES string of the molecule is CC(=O)C=C(C)[O-].CC(=O)C=C(C)[O-].CC[O-].CC[O-].[Ti+4]. The molecule has 0 aromatic heterocycles. The van der Waals surface area contributed by atoms with E-state index in [0.29, 0.717) is 0 Å². The molecule has 0 amide bonds. The van der Waals surface area contributed by atoms with E-state index >= 15 is 0 Å². The molecule has 0 rings (SSSR count). The zero-order chi connectivity index (χ0) is 17.1. The zero-order valence-electron chi connectivity index (χ0n) is 13.5. The predicted molar refractivity (Wildman–Crippen MR) is 70.0 cm³/mol. The average molecular weight is 336 g/mol. The van der Waals surface area contributed by atoms with Gasteiger partial charge in [-0.15, -0.1) is 24.7 Å². The fourth-order valence-corrected chi connectivity index (χ4v) is 0.572. The van der Waals surface area contributed by atoms with Crippen LogP contribution in [0.5, 0.6) is 0 Å². The van der Waals surface area contributed by atoms with Crippen LogP contribution in [-0.2, 0) is 31.3 Å². The summed E-state index contributed by atoms with van der Waals surface area (Å²) in [5, 5.41) is 37.8. The van der Waals surface area contributed by atoms with E-state index in [1.54, 1.807) is 13.8 Å². The van der Waals surface area contributed by atoms with Crippen molar-refractivity contribution >= 4 is 11.6 Å². The molecule has 0 bridgehead atoms. The number of carbonyl (C=O) groups excluding carboxylic acids is 2. The smallest absolute Gasteiger partial charge is 0.876 e.